The van der Waals surface area contributed by atoms with Crippen LogP contribution in [0.2, 0.25) is 0 Å². The van der Waals surface area contributed by atoms with Crippen LogP contribution in [0.1, 0.15) is 46.5 Å². The number of ether oxygens (including phenoxy) is 1. The Kier molecular flexibility index (Phi) is 12.7. The molecule has 1 aliphatic heterocycles. The van der Waals surface area contributed by atoms with E-state index in [4.69, 9.17) is 9.73 Å². The van der Waals surface area contributed by atoms with Gasteiger partial charge in [-0.15, -0.1) is 11.8 Å². The van der Waals surface area contributed by atoms with Crippen LogP contribution in [-0.2, 0) is 9.30 Å². The second-order valence-corrected chi connectivity index (χ2v) is 11.4. The lowest BCUT2D eigenvalue weighted by molar-refractivity contribution is 0.326. The lowest BCUT2D eigenvalue weighted by Gasteiger charge is -2.27. The third-order valence-corrected chi connectivity index (χ3v) is 7.90. The molecule has 186 valence electrons. The number of thioether (sulfide) groups is 1. The van der Waals surface area contributed by atoms with Gasteiger partial charge in [0.1, 0.15) is 12.3 Å². The highest BCUT2D eigenvalue weighted by molar-refractivity contribution is 8.01. The molecule has 7 heteroatoms. The van der Waals surface area contributed by atoms with Crippen molar-refractivity contribution in [2.45, 2.75) is 46.5 Å². The summed E-state index contributed by atoms with van der Waals surface area (Å²) in [7, 11) is -3.21. The quantitative estimate of drug-likeness (QED) is 0.251. The monoisotopic (exact) mass is 502 g/mol. The second-order valence-electron chi connectivity index (χ2n) is 8.43. The predicted octanol–water partition coefficient (Wildman–Crippen LogP) is 7.31. The fourth-order valence-corrected chi connectivity index (χ4v) is 5.93. The molecule has 5 nitrogen and oxygen atoms in total. The molecule has 1 heterocycles. The molecule has 0 spiro atoms. The van der Waals surface area contributed by atoms with Gasteiger partial charge in [0.05, 0.1) is 5.71 Å². The molecule has 0 radical (unpaired) electrons. The Bertz CT molecular complexity index is 949. The van der Waals surface area contributed by atoms with Gasteiger partial charge in [-0.1, -0.05) is 48.6 Å². The van der Waals surface area contributed by atoms with Crippen molar-refractivity contribution < 1.29 is 14.2 Å². The molecule has 0 bridgehead atoms. The molecule has 34 heavy (non-hydrogen) atoms. The van der Waals surface area contributed by atoms with Crippen LogP contribution >= 0.6 is 19.1 Å². The normalized spacial score (nSPS) is 26.7. The van der Waals surface area contributed by atoms with E-state index in [1.165, 1.54) is 5.82 Å². The van der Waals surface area contributed by atoms with Gasteiger partial charge in [-0.25, -0.2) is 4.99 Å². The highest BCUT2D eigenvalue weighted by Gasteiger charge is 2.26. The van der Waals surface area contributed by atoms with Gasteiger partial charge >= 0.3 is 0 Å². The Hall–Kier alpha value is -1.88. The third kappa shape index (κ3) is 9.77. The van der Waals surface area contributed by atoms with Gasteiger partial charge in [-0.05, 0) is 75.5 Å². The SMILES string of the molecule is C\C=C/C(=C\C=C\C1CCC(CP(=O)(O)/C=C/C=C\SC)CC1)C1=N/C(=C/C)C(=NCC)OC1. The van der Waals surface area contributed by atoms with E-state index in [2.05, 4.69) is 29.3 Å². The summed E-state index contributed by atoms with van der Waals surface area (Å²) in [5.41, 5.74) is 2.71. The van der Waals surface area contributed by atoms with Gasteiger partial charge < -0.3 is 9.63 Å². The molecule has 1 unspecified atom stereocenters. The van der Waals surface area contributed by atoms with Crippen LogP contribution in [0.15, 0.2) is 81.1 Å². The van der Waals surface area contributed by atoms with Gasteiger partial charge in [0.2, 0.25) is 13.3 Å². The minimum Gasteiger partial charge on any atom is -0.470 e. The van der Waals surface area contributed by atoms with Crippen molar-refractivity contribution in [3.63, 3.8) is 0 Å². The number of hydrogen-bond donors (Lipinski definition) is 1. The molecular weight excluding hydrogens is 463 g/mol. The van der Waals surface area contributed by atoms with E-state index in [9.17, 15) is 9.46 Å². The number of rotatable bonds is 10. The molecule has 1 atom stereocenters. The molecule has 0 amide bonds. The van der Waals surface area contributed by atoms with Gasteiger partial charge in [0, 0.05) is 18.5 Å². The van der Waals surface area contributed by atoms with Crippen molar-refractivity contribution in [3.05, 3.63) is 71.1 Å². The summed E-state index contributed by atoms with van der Waals surface area (Å²) in [6, 6.07) is 0. The molecule has 0 aromatic carbocycles. The van der Waals surface area contributed by atoms with E-state index in [-0.39, 0.29) is 0 Å². The maximum absolute atomic E-state index is 12.5. The molecule has 2 rings (SSSR count). The lowest BCUT2D eigenvalue weighted by Crippen LogP contribution is -2.23. The Morgan fingerprint density at radius 2 is 2.00 bits per heavy atom. The largest absolute Gasteiger partial charge is 0.470 e. The molecule has 1 N–H and O–H groups in total. The van der Waals surface area contributed by atoms with Gasteiger partial charge in [-0.2, -0.15) is 0 Å². The van der Waals surface area contributed by atoms with Crippen LogP contribution in [0.4, 0.5) is 0 Å². The standard InChI is InChI=1S/C27H39N2O3PS/c1-5-11-24(26-20-32-27(28-7-3)25(6-2)29-26)13-10-12-22-14-16-23(17-15-22)21-33(30,31)18-8-9-19-34-4/h5-6,8-13,18-19,22-23H,7,14-17,20-21H2,1-4H3,(H,30,31)/b11-5-,12-10+,18-8+,19-9-,24-13+,25-6+,28-27?. The van der Waals surface area contributed by atoms with Crippen LogP contribution in [0.3, 0.4) is 0 Å². The summed E-state index contributed by atoms with van der Waals surface area (Å²) in [4.78, 5) is 19.4. The third-order valence-electron chi connectivity index (χ3n) is 5.79. The highest BCUT2D eigenvalue weighted by Crippen LogP contribution is 2.47. The van der Waals surface area contributed by atoms with Crippen molar-refractivity contribution in [3.8, 4) is 0 Å². The van der Waals surface area contributed by atoms with Crippen molar-refractivity contribution in [1.29, 1.82) is 0 Å². The lowest BCUT2D eigenvalue weighted by atomic mass is 9.83. The minimum absolute atomic E-state index is 0.316. The number of nitrogens with zero attached hydrogens (tertiary/aromatic N) is 2. The molecule has 1 aliphatic carbocycles. The summed E-state index contributed by atoms with van der Waals surface area (Å²) in [6.07, 6.45) is 22.4. The summed E-state index contributed by atoms with van der Waals surface area (Å²) in [5, 5.41) is 1.90. The van der Waals surface area contributed by atoms with E-state index in [0.717, 1.165) is 42.7 Å². The minimum atomic E-state index is -3.21. The van der Waals surface area contributed by atoms with Crippen molar-refractivity contribution in [1.82, 2.24) is 0 Å². The second kappa shape index (κ2) is 15.2. The van der Waals surface area contributed by atoms with Gasteiger partial charge in [0.15, 0.2) is 0 Å². The van der Waals surface area contributed by atoms with E-state index in [1.807, 2.05) is 50.7 Å². The maximum Gasteiger partial charge on any atom is 0.235 e. The average Bonchev–Trinajstić information content (AvgIpc) is 2.82. The van der Waals surface area contributed by atoms with Crippen LogP contribution < -0.4 is 0 Å². The van der Waals surface area contributed by atoms with E-state index in [0.29, 0.717) is 37.0 Å². The fraction of sp³-hybridized carbons (Fsp3) is 0.481. The smallest absolute Gasteiger partial charge is 0.235 e. The molecule has 0 aromatic rings. The van der Waals surface area contributed by atoms with Crippen LogP contribution in [-0.4, -0.2) is 42.1 Å². The zero-order valence-corrected chi connectivity index (χ0v) is 22.6. The van der Waals surface area contributed by atoms with Gasteiger partial charge in [-0.3, -0.25) is 9.56 Å². The molecule has 2 aliphatic rings. The number of hydrogen-bond acceptors (Lipinski definition) is 5. The first-order chi connectivity index (χ1) is 16.4. The van der Waals surface area contributed by atoms with Gasteiger partial charge in [0.25, 0.3) is 0 Å². The Morgan fingerprint density at radius 3 is 2.65 bits per heavy atom. The average molecular weight is 503 g/mol. The Balaban J connectivity index is 1.96. The Morgan fingerprint density at radius 1 is 1.24 bits per heavy atom. The molecule has 0 aromatic heterocycles. The van der Waals surface area contributed by atoms with E-state index in [1.54, 1.807) is 17.8 Å². The van der Waals surface area contributed by atoms with Crippen molar-refractivity contribution in [2.75, 3.05) is 25.6 Å². The number of aliphatic imine (C=N–C) groups is 2. The van der Waals surface area contributed by atoms with E-state index < -0.39 is 7.37 Å². The zero-order chi connectivity index (χ0) is 24.8. The molecule has 1 saturated carbocycles. The molecule has 1 fully saturated rings. The maximum atomic E-state index is 12.5. The van der Waals surface area contributed by atoms with Crippen molar-refractivity contribution in [2.24, 2.45) is 21.8 Å². The Labute approximate surface area is 209 Å². The van der Waals surface area contributed by atoms with Crippen LogP contribution in [0.25, 0.3) is 0 Å². The topological polar surface area (TPSA) is 71.2 Å². The van der Waals surface area contributed by atoms with Crippen LogP contribution in [0, 0.1) is 11.8 Å². The first kappa shape index (κ1) is 28.4. The predicted molar refractivity (Wildman–Crippen MR) is 149 cm³/mol. The van der Waals surface area contributed by atoms with Crippen molar-refractivity contribution >= 4 is 30.7 Å². The molecule has 0 saturated heterocycles. The van der Waals surface area contributed by atoms with Crippen LogP contribution in [0.5, 0.6) is 0 Å². The van der Waals surface area contributed by atoms with E-state index >= 15 is 0 Å². The summed E-state index contributed by atoms with van der Waals surface area (Å²) in [5.74, 6) is 2.90. The first-order valence-corrected chi connectivity index (χ1v) is 15.2. The number of allylic oxidation sites excluding steroid dienone is 8. The first-order valence-electron chi connectivity index (χ1n) is 12.0. The summed E-state index contributed by atoms with van der Waals surface area (Å²) >= 11 is 1.57. The molecular formula is C27H39N2O3PS. The summed E-state index contributed by atoms with van der Waals surface area (Å²) in [6.45, 7) is 7.01. The fourth-order valence-electron chi connectivity index (χ4n) is 4.09. The summed E-state index contributed by atoms with van der Waals surface area (Å²) < 4.78 is 18.3. The highest BCUT2D eigenvalue weighted by atomic mass is 32.2. The zero-order valence-electron chi connectivity index (χ0n) is 20.9.